The van der Waals surface area contributed by atoms with E-state index in [1.54, 1.807) is 6.33 Å². The smallest absolute Gasteiger partial charge is 0.191 e. The van der Waals surface area contributed by atoms with Crippen LogP contribution in [0.25, 0.3) is 5.69 Å². The fourth-order valence-corrected chi connectivity index (χ4v) is 2.02. The van der Waals surface area contributed by atoms with Gasteiger partial charge in [-0.2, -0.15) is 0 Å². The van der Waals surface area contributed by atoms with Gasteiger partial charge in [0.2, 0.25) is 0 Å². The highest BCUT2D eigenvalue weighted by atomic mass is 15.3. The van der Waals surface area contributed by atoms with Crippen LogP contribution in [0.4, 0.5) is 0 Å². The first kappa shape index (κ1) is 17.0. The Hall–Kier alpha value is -2.37. The second-order valence-corrected chi connectivity index (χ2v) is 5.82. The molecule has 0 bridgehead atoms. The van der Waals surface area contributed by atoms with Gasteiger partial charge in [0.25, 0.3) is 0 Å². The number of nitrogens with one attached hydrogen (secondary N) is 2. The molecule has 2 N–H and O–H groups in total. The summed E-state index contributed by atoms with van der Waals surface area (Å²) < 4.78 is 1.96. The molecule has 0 aliphatic heterocycles. The Labute approximate surface area is 138 Å². The van der Waals surface area contributed by atoms with Gasteiger partial charge in [0, 0.05) is 18.3 Å². The molecule has 1 aromatic heterocycles. The van der Waals surface area contributed by atoms with Gasteiger partial charge in [-0.05, 0) is 31.9 Å². The highest BCUT2D eigenvalue weighted by Crippen LogP contribution is 2.09. The van der Waals surface area contributed by atoms with Crippen molar-refractivity contribution in [2.45, 2.75) is 40.3 Å². The van der Waals surface area contributed by atoms with Gasteiger partial charge in [-0.1, -0.05) is 32.0 Å². The Morgan fingerprint density at radius 2 is 1.96 bits per heavy atom. The van der Waals surface area contributed by atoms with Gasteiger partial charge in [0.05, 0.1) is 0 Å². The molecule has 6 heteroatoms. The maximum atomic E-state index is 4.64. The lowest BCUT2D eigenvalue weighted by Crippen LogP contribution is -2.44. The molecule has 1 aromatic carbocycles. The molecule has 1 unspecified atom stereocenters. The van der Waals surface area contributed by atoms with Crippen molar-refractivity contribution in [2.75, 3.05) is 6.54 Å². The number of nitrogens with zero attached hydrogens (tertiary/aromatic N) is 4. The minimum absolute atomic E-state index is 0.347. The average molecular weight is 314 g/mol. The van der Waals surface area contributed by atoms with E-state index in [1.165, 1.54) is 0 Å². The van der Waals surface area contributed by atoms with Crippen molar-refractivity contribution in [3.8, 4) is 5.69 Å². The number of hydrogen-bond donors (Lipinski definition) is 2. The number of guanidine groups is 1. The van der Waals surface area contributed by atoms with Crippen LogP contribution in [0, 0.1) is 5.92 Å². The second kappa shape index (κ2) is 8.31. The van der Waals surface area contributed by atoms with E-state index in [0.717, 1.165) is 24.0 Å². The third-order valence-corrected chi connectivity index (χ3v) is 3.74. The zero-order valence-electron chi connectivity index (χ0n) is 14.3. The molecule has 0 aliphatic carbocycles. The Morgan fingerprint density at radius 3 is 2.61 bits per heavy atom. The molecule has 2 rings (SSSR count). The van der Waals surface area contributed by atoms with Crippen LogP contribution >= 0.6 is 0 Å². The molecule has 6 nitrogen and oxygen atoms in total. The number of hydrogen-bond acceptors (Lipinski definition) is 3. The van der Waals surface area contributed by atoms with Crippen LogP contribution in [0.3, 0.4) is 0 Å². The second-order valence-electron chi connectivity index (χ2n) is 5.82. The fourth-order valence-electron chi connectivity index (χ4n) is 2.02. The summed E-state index contributed by atoms with van der Waals surface area (Å²) in [6.07, 6.45) is 1.72. The van der Waals surface area contributed by atoms with Crippen LogP contribution in [-0.4, -0.2) is 33.3 Å². The Morgan fingerprint density at radius 1 is 1.22 bits per heavy atom. The van der Waals surface area contributed by atoms with Crippen molar-refractivity contribution >= 4 is 5.96 Å². The Bertz CT molecular complexity index is 617. The van der Waals surface area contributed by atoms with Crippen LogP contribution in [0.15, 0.2) is 41.7 Å². The number of aromatic nitrogens is 3. The molecule has 2 aromatic rings. The largest absolute Gasteiger partial charge is 0.357 e. The van der Waals surface area contributed by atoms with Crippen molar-refractivity contribution < 1.29 is 0 Å². The van der Waals surface area contributed by atoms with Gasteiger partial charge in [-0.15, -0.1) is 10.2 Å². The van der Waals surface area contributed by atoms with Crippen molar-refractivity contribution in [2.24, 2.45) is 10.9 Å². The minimum atomic E-state index is 0.347. The summed E-state index contributed by atoms with van der Waals surface area (Å²) in [5.74, 6) is 2.15. The third-order valence-electron chi connectivity index (χ3n) is 3.74. The maximum absolute atomic E-state index is 4.64. The quantitative estimate of drug-likeness (QED) is 0.634. The molecule has 1 heterocycles. The van der Waals surface area contributed by atoms with Crippen molar-refractivity contribution in [3.63, 3.8) is 0 Å². The third kappa shape index (κ3) is 4.81. The van der Waals surface area contributed by atoms with Crippen molar-refractivity contribution in [1.82, 2.24) is 25.4 Å². The standard InChI is InChI=1S/C17H26N6/c1-5-18-17(21-14(4)13(2)3)19-11-16-22-20-12-23(16)15-9-7-6-8-10-15/h6-10,12-14H,5,11H2,1-4H3,(H2,18,19,21). The molecular weight excluding hydrogens is 288 g/mol. The first-order valence-electron chi connectivity index (χ1n) is 8.11. The minimum Gasteiger partial charge on any atom is -0.357 e. The van der Waals surface area contributed by atoms with Gasteiger partial charge in [0.15, 0.2) is 11.8 Å². The molecule has 0 amide bonds. The summed E-state index contributed by atoms with van der Waals surface area (Å²) in [7, 11) is 0. The predicted molar refractivity (Wildman–Crippen MR) is 93.6 cm³/mol. The molecule has 23 heavy (non-hydrogen) atoms. The lowest BCUT2D eigenvalue weighted by Gasteiger charge is -2.20. The van der Waals surface area contributed by atoms with Crippen LogP contribution in [-0.2, 0) is 6.54 Å². The highest BCUT2D eigenvalue weighted by Gasteiger charge is 2.10. The van der Waals surface area contributed by atoms with E-state index in [2.05, 4.69) is 53.5 Å². The Kier molecular flexibility index (Phi) is 6.14. The Balaban J connectivity index is 2.12. The number of rotatable bonds is 6. The zero-order valence-corrected chi connectivity index (χ0v) is 14.3. The van der Waals surface area contributed by atoms with Crippen LogP contribution in [0.5, 0.6) is 0 Å². The molecule has 124 valence electrons. The molecule has 0 radical (unpaired) electrons. The highest BCUT2D eigenvalue weighted by molar-refractivity contribution is 5.80. The van der Waals surface area contributed by atoms with E-state index in [4.69, 9.17) is 0 Å². The molecule has 0 saturated carbocycles. The van der Waals surface area contributed by atoms with Crippen LogP contribution < -0.4 is 10.6 Å². The average Bonchev–Trinajstić information content (AvgIpc) is 3.02. The van der Waals surface area contributed by atoms with E-state index < -0.39 is 0 Å². The molecule has 0 spiro atoms. The normalized spacial score (nSPS) is 13.2. The van der Waals surface area contributed by atoms with Gasteiger partial charge < -0.3 is 10.6 Å². The lowest BCUT2D eigenvalue weighted by atomic mass is 10.1. The van der Waals surface area contributed by atoms with Gasteiger partial charge in [-0.3, -0.25) is 4.57 Å². The van der Waals surface area contributed by atoms with E-state index in [0.29, 0.717) is 18.5 Å². The van der Waals surface area contributed by atoms with E-state index in [-0.39, 0.29) is 0 Å². The lowest BCUT2D eigenvalue weighted by molar-refractivity contribution is 0.481. The monoisotopic (exact) mass is 314 g/mol. The topological polar surface area (TPSA) is 67.1 Å². The van der Waals surface area contributed by atoms with E-state index in [9.17, 15) is 0 Å². The number of aliphatic imine (C=N–C) groups is 1. The number of para-hydroxylation sites is 1. The van der Waals surface area contributed by atoms with Crippen molar-refractivity contribution in [3.05, 3.63) is 42.5 Å². The van der Waals surface area contributed by atoms with Crippen molar-refractivity contribution in [1.29, 1.82) is 0 Å². The van der Waals surface area contributed by atoms with Crippen LogP contribution in [0.1, 0.15) is 33.5 Å². The first-order chi connectivity index (χ1) is 11.1. The first-order valence-corrected chi connectivity index (χ1v) is 8.11. The molecular formula is C17H26N6. The van der Waals surface area contributed by atoms with Crippen LogP contribution in [0.2, 0.25) is 0 Å². The van der Waals surface area contributed by atoms with E-state index >= 15 is 0 Å². The summed E-state index contributed by atoms with van der Waals surface area (Å²) in [4.78, 5) is 4.64. The summed E-state index contributed by atoms with van der Waals surface area (Å²) in [5, 5.41) is 14.9. The predicted octanol–water partition coefficient (Wildman–Crippen LogP) is 2.37. The SMILES string of the molecule is CCNC(=NCc1nncn1-c1ccccc1)NC(C)C(C)C. The molecule has 0 aliphatic rings. The summed E-state index contributed by atoms with van der Waals surface area (Å²) in [5.41, 5.74) is 1.04. The fraction of sp³-hybridized carbons (Fsp3) is 0.471. The maximum Gasteiger partial charge on any atom is 0.191 e. The van der Waals surface area contributed by atoms with Gasteiger partial charge in [-0.25, -0.2) is 4.99 Å². The summed E-state index contributed by atoms with van der Waals surface area (Å²) >= 11 is 0. The summed E-state index contributed by atoms with van der Waals surface area (Å²) in [6, 6.07) is 10.4. The molecule has 0 fully saturated rings. The molecule has 0 saturated heterocycles. The zero-order chi connectivity index (χ0) is 16.7. The van der Waals surface area contributed by atoms with Gasteiger partial charge in [0.1, 0.15) is 12.9 Å². The molecule has 1 atom stereocenters. The van der Waals surface area contributed by atoms with E-state index in [1.807, 2.05) is 34.9 Å². The van der Waals surface area contributed by atoms with Gasteiger partial charge >= 0.3 is 0 Å². The summed E-state index contributed by atoms with van der Waals surface area (Å²) in [6.45, 7) is 9.88. The number of benzene rings is 1.